The Hall–Kier alpha value is -1.19. The van der Waals surface area contributed by atoms with E-state index < -0.39 is 15.3 Å². The zero-order chi connectivity index (χ0) is 16.2. The molecule has 2 rings (SSSR count). The second-order valence-corrected chi connectivity index (χ2v) is 8.13. The average molecular weight is 333 g/mol. The molecule has 0 amide bonds. The topological polar surface area (TPSA) is 115 Å². The lowest BCUT2D eigenvalue weighted by Gasteiger charge is -2.26. The van der Waals surface area contributed by atoms with Crippen LogP contribution in [0.2, 0.25) is 0 Å². The van der Waals surface area contributed by atoms with Gasteiger partial charge in [-0.2, -0.15) is 9.30 Å². The molecule has 0 spiro atoms. The first-order valence-corrected chi connectivity index (χ1v) is 9.20. The van der Waals surface area contributed by atoms with Gasteiger partial charge in [-0.05, 0) is 13.8 Å². The molecule has 0 radical (unpaired) electrons. The minimum absolute atomic E-state index is 0.0437. The van der Waals surface area contributed by atoms with Gasteiger partial charge in [0.15, 0.2) is 5.96 Å². The van der Waals surface area contributed by atoms with Crippen molar-refractivity contribution in [2.45, 2.75) is 45.9 Å². The second-order valence-electron chi connectivity index (χ2n) is 4.58. The number of thiazole rings is 1. The molecule has 1 aliphatic heterocycles. The molecule has 0 unspecified atom stereocenters. The largest absolute Gasteiger partial charge is 0.370 e. The molecule has 0 atom stereocenters. The van der Waals surface area contributed by atoms with Crippen LogP contribution in [0.25, 0.3) is 0 Å². The minimum atomic E-state index is -3.23. The third-order valence-electron chi connectivity index (χ3n) is 2.87. The molecule has 4 N–H and O–H groups in total. The van der Waals surface area contributed by atoms with E-state index in [-0.39, 0.29) is 5.96 Å². The van der Waals surface area contributed by atoms with Crippen molar-refractivity contribution in [2.24, 2.45) is 16.5 Å². The lowest BCUT2D eigenvalue weighted by Crippen LogP contribution is -2.39. The zero-order valence-electron chi connectivity index (χ0n) is 12.8. The van der Waals surface area contributed by atoms with Crippen molar-refractivity contribution in [1.82, 2.24) is 9.29 Å². The Morgan fingerprint density at radius 3 is 2.52 bits per heavy atom. The van der Waals surface area contributed by atoms with E-state index in [2.05, 4.69) is 9.98 Å². The van der Waals surface area contributed by atoms with Gasteiger partial charge in [-0.15, -0.1) is 0 Å². The number of nitrogens with two attached hydrogens (primary N) is 2. The summed E-state index contributed by atoms with van der Waals surface area (Å²) in [6, 6.07) is 0. The minimum Gasteiger partial charge on any atom is -0.370 e. The van der Waals surface area contributed by atoms with E-state index >= 15 is 0 Å². The zero-order valence-corrected chi connectivity index (χ0v) is 14.5. The predicted molar refractivity (Wildman–Crippen MR) is 87.1 cm³/mol. The quantitative estimate of drug-likeness (QED) is 0.636. The van der Waals surface area contributed by atoms with Gasteiger partial charge in [-0.1, -0.05) is 25.2 Å². The van der Waals surface area contributed by atoms with Crippen LogP contribution in [0, 0.1) is 0 Å². The Balaban J connectivity index is 0.00000106. The molecule has 0 saturated carbocycles. The van der Waals surface area contributed by atoms with E-state index in [1.54, 1.807) is 13.8 Å². The smallest absolute Gasteiger partial charge is 0.216 e. The van der Waals surface area contributed by atoms with E-state index in [0.717, 1.165) is 10.6 Å². The number of aliphatic imine (C=N–C) groups is 1. The number of rotatable bonds is 3. The standard InChI is InChI=1S/C10H17N5O2S2.C2H6/c1-6(2)19(16,17)15-4-3-7-8(5-15)18-10(13-7)14-9(11)12;1-2/h6H,3-5H2,1-2H3,(H4,11,12,13,14);1-2H3. The summed E-state index contributed by atoms with van der Waals surface area (Å²) in [7, 11) is -3.23. The maximum absolute atomic E-state index is 12.1. The van der Waals surface area contributed by atoms with Crippen molar-refractivity contribution >= 4 is 32.5 Å². The van der Waals surface area contributed by atoms with Crippen LogP contribution >= 0.6 is 11.3 Å². The van der Waals surface area contributed by atoms with Crippen molar-refractivity contribution < 1.29 is 8.42 Å². The predicted octanol–water partition coefficient (Wildman–Crippen LogP) is 1.17. The van der Waals surface area contributed by atoms with Gasteiger partial charge in [0.05, 0.1) is 10.9 Å². The van der Waals surface area contributed by atoms with Crippen LogP contribution in [0.15, 0.2) is 4.99 Å². The molecule has 2 heterocycles. The highest BCUT2D eigenvalue weighted by Gasteiger charge is 2.31. The highest BCUT2D eigenvalue weighted by Crippen LogP contribution is 2.31. The molecule has 1 aromatic heterocycles. The highest BCUT2D eigenvalue weighted by molar-refractivity contribution is 7.89. The van der Waals surface area contributed by atoms with Gasteiger partial charge >= 0.3 is 0 Å². The molecule has 0 fully saturated rings. The summed E-state index contributed by atoms with van der Waals surface area (Å²) < 4.78 is 25.7. The molecular weight excluding hydrogens is 310 g/mol. The van der Waals surface area contributed by atoms with E-state index in [0.29, 0.717) is 24.6 Å². The number of fused-ring (bicyclic) bond motifs is 1. The molecule has 1 aromatic rings. The fourth-order valence-electron chi connectivity index (χ4n) is 1.83. The Bertz CT molecular complexity index is 603. The van der Waals surface area contributed by atoms with Crippen molar-refractivity contribution in [3.8, 4) is 0 Å². The summed E-state index contributed by atoms with van der Waals surface area (Å²) in [5, 5.41) is 0.0629. The van der Waals surface area contributed by atoms with Crippen LogP contribution in [0.4, 0.5) is 5.13 Å². The van der Waals surface area contributed by atoms with Gasteiger partial charge in [0.2, 0.25) is 15.2 Å². The van der Waals surface area contributed by atoms with Crippen molar-refractivity contribution in [1.29, 1.82) is 0 Å². The lowest BCUT2D eigenvalue weighted by molar-refractivity contribution is 0.388. The molecule has 9 heteroatoms. The van der Waals surface area contributed by atoms with Crippen LogP contribution in [-0.4, -0.2) is 35.5 Å². The summed E-state index contributed by atoms with van der Waals surface area (Å²) in [4.78, 5) is 9.11. The maximum atomic E-state index is 12.1. The third kappa shape index (κ3) is 4.14. The van der Waals surface area contributed by atoms with Gasteiger partial charge < -0.3 is 11.5 Å². The van der Waals surface area contributed by atoms with E-state index in [9.17, 15) is 8.42 Å². The summed E-state index contributed by atoms with van der Waals surface area (Å²) in [5.74, 6) is -0.0437. The SMILES string of the molecule is CC.CC(C)S(=O)(=O)N1CCc2nc(N=C(N)N)sc2C1. The van der Waals surface area contributed by atoms with Gasteiger partial charge in [0, 0.05) is 24.4 Å². The summed E-state index contributed by atoms with van der Waals surface area (Å²) in [6.45, 7) is 8.18. The number of sulfonamides is 1. The van der Waals surface area contributed by atoms with Crippen molar-refractivity contribution in [2.75, 3.05) is 6.54 Å². The van der Waals surface area contributed by atoms with Crippen molar-refractivity contribution in [3.63, 3.8) is 0 Å². The maximum Gasteiger partial charge on any atom is 0.216 e. The van der Waals surface area contributed by atoms with Gasteiger partial charge in [-0.25, -0.2) is 13.4 Å². The highest BCUT2D eigenvalue weighted by atomic mass is 32.2. The van der Waals surface area contributed by atoms with Crippen LogP contribution in [0.5, 0.6) is 0 Å². The van der Waals surface area contributed by atoms with E-state index in [1.807, 2.05) is 13.8 Å². The number of aromatic nitrogens is 1. The second kappa shape index (κ2) is 7.19. The molecule has 21 heavy (non-hydrogen) atoms. The molecule has 0 saturated heterocycles. The van der Waals surface area contributed by atoms with Crippen LogP contribution in [-0.2, 0) is 23.0 Å². The molecular formula is C12H23N5O2S2. The molecule has 7 nitrogen and oxygen atoms in total. The Morgan fingerprint density at radius 2 is 2.00 bits per heavy atom. The molecule has 0 aromatic carbocycles. The van der Waals surface area contributed by atoms with Crippen LogP contribution in [0.1, 0.15) is 38.3 Å². The molecule has 0 aliphatic carbocycles. The molecule has 0 bridgehead atoms. The summed E-state index contributed by atoms with van der Waals surface area (Å²) >= 11 is 1.33. The van der Waals surface area contributed by atoms with Crippen LogP contribution in [0.3, 0.4) is 0 Å². The van der Waals surface area contributed by atoms with Crippen LogP contribution < -0.4 is 11.5 Å². The average Bonchev–Trinajstić information content (AvgIpc) is 2.80. The fraction of sp³-hybridized carbons (Fsp3) is 0.667. The molecule has 1 aliphatic rings. The first-order chi connectivity index (χ1) is 9.80. The number of hydrogen-bond donors (Lipinski definition) is 2. The number of nitrogens with zero attached hydrogens (tertiary/aromatic N) is 3. The van der Waals surface area contributed by atoms with E-state index in [1.165, 1.54) is 15.6 Å². The normalized spacial score (nSPS) is 15.1. The fourth-order valence-corrected chi connectivity index (χ4v) is 4.18. The summed E-state index contributed by atoms with van der Waals surface area (Å²) in [6.07, 6.45) is 0.595. The van der Waals surface area contributed by atoms with Gasteiger partial charge in [-0.3, -0.25) is 0 Å². The van der Waals surface area contributed by atoms with Gasteiger partial charge in [0.25, 0.3) is 0 Å². The van der Waals surface area contributed by atoms with Crippen molar-refractivity contribution in [3.05, 3.63) is 10.6 Å². The first kappa shape index (κ1) is 17.9. The Labute approximate surface area is 130 Å². The Morgan fingerprint density at radius 1 is 1.38 bits per heavy atom. The Kier molecular flexibility index (Phi) is 6.11. The van der Waals surface area contributed by atoms with Gasteiger partial charge in [0.1, 0.15) is 0 Å². The number of guanidine groups is 1. The first-order valence-electron chi connectivity index (χ1n) is 6.88. The monoisotopic (exact) mass is 333 g/mol. The summed E-state index contributed by atoms with van der Waals surface area (Å²) in [5.41, 5.74) is 11.5. The van der Waals surface area contributed by atoms with E-state index in [4.69, 9.17) is 11.5 Å². The third-order valence-corrected chi connectivity index (χ3v) is 6.06. The lowest BCUT2D eigenvalue weighted by atomic mass is 10.2. The number of hydrogen-bond acceptors (Lipinski definition) is 5. The molecule has 120 valence electrons.